The van der Waals surface area contributed by atoms with Crippen molar-refractivity contribution < 1.29 is 17.9 Å². The number of nitrogens with zero attached hydrogens (tertiary/aromatic N) is 1. The van der Waals surface area contributed by atoms with Gasteiger partial charge >= 0.3 is 6.18 Å². The largest absolute Gasteiger partial charge is 0.427 e. The van der Waals surface area contributed by atoms with E-state index in [0.717, 1.165) is 12.6 Å². The van der Waals surface area contributed by atoms with E-state index in [-0.39, 0.29) is 11.2 Å². The summed E-state index contributed by atoms with van der Waals surface area (Å²) < 4.78 is 43.0. The molecule has 0 radical (unpaired) electrons. The number of hydrogen-bond acceptors (Lipinski definition) is 4. The number of alkyl halides is 3. The lowest BCUT2D eigenvalue weighted by molar-refractivity contribution is -0.134. The Labute approximate surface area is 120 Å². The Morgan fingerprint density at radius 2 is 2.15 bits per heavy atom. The zero-order chi connectivity index (χ0) is 14.6. The molecule has 0 spiro atoms. The van der Waals surface area contributed by atoms with E-state index >= 15 is 0 Å². The highest BCUT2D eigenvalue weighted by Crippen LogP contribution is 2.34. The summed E-state index contributed by atoms with van der Waals surface area (Å²) in [7, 11) is 0. The zero-order valence-electron chi connectivity index (χ0n) is 11.4. The SMILES string of the molecule is CC1CCCCC1OCCNc1ncc(C(F)(F)F)s1. The average Bonchev–Trinajstić information content (AvgIpc) is 2.85. The van der Waals surface area contributed by atoms with Crippen LogP contribution in [-0.2, 0) is 10.9 Å². The van der Waals surface area contributed by atoms with Crippen molar-refractivity contribution in [3.8, 4) is 0 Å². The second kappa shape index (κ2) is 6.76. The van der Waals surface area contributed by atoms with Crippen molar-refractivity contribution in [3.63, 3.8) is 0 Å². The topological polar surface area (TPSA) is 34.1 Å². The summed E-state index contributed by atoms with van der Waals surface area (Å²) in [6.45, 7) is 3.16. The molecule has 114 valence electrons. The summed E-state index contributed by atoms with van der Waals surface area (Å²) in [5.74, 6) is 0.570. The molecule has 1 aliphatic rings. The summed E-state index contributed by atoms with van der Waals surface area (Å²) >= 11 is 0.624. The van der Waals surface area contributed by atoms with Gasteiger partial charge < -0.3 is 10.1 Å². The normalized spacial score (nSPS) is 23.8. The van der Waals surface area contributed by atoms with Crippen LogP contribution >= 0.6 is 11.3 Å². The van der Waals surface area contributed by atoms with Gasteiger partial charge in [-0.15, -0.1) is 0 Å². The fourth-order valence-corrected chi connectivity index (χ4v) is 3.09. The molecule has 0 aliphatic heterocycles. The molecular formula is C13H19F3N2OS. The lowest BCUT2D eigenvalue weighted by Gasteiger charge is -2.28. The van der Waals surface area contributed by atoms with E-state index in [0.29, 0.717) is 30.4 Å². The predicted octanol–water partition coefficient (Wildman–Crippen LogP) is 4.17. The molecule has 2 atom stereocenters. The van der Waals surface area contributed by atoms with E-state index in [4.69, 9.17) is 4.74 Å². The molecule has 2 unspecified atom stereocenters. The molecule has 1 aliphatic carbocycles. The molecule has 20 heavy (non-hydrogen) atoms. The first-order valence-corrected chi connectivity index (χ1v) is 7.67. The van der Waals surface area contributed by atoms with Gasteiger partial charge in [0.15, 0.2) is 5.13 Å². The molecule has 0 amide bonds. The van der Waals surface area contributed by atoms with Gasteiger partial charge in [0, 0.05) is 6.54 Å². The van der Waals surface area contributed by atoms with Crippen LogP contribution in [-0.4, -0.2) is 24.2 Å². The third kappa shape index (κ3) is 4.34. The second-order valence-electron chi connectivity index (χ2n) is 5.13. The summed E-state index contributed by atoms with van der Waals surface area (Å²) in [6.07, 6.45) is 1.56. The highest BCUT2D eigenvalue weighted by Gasteiger charge is 2.33. The molecule has 0 saturated heterocycles. The second-order valence-corrected chi connectivity index (χ2v) is 6.16. The molecule has 2 rings (SSSR count). The van der Waals surface area contributed by atoms with E-state index < -0.39 is 11.1 Å². The number of halogens is 3. The number of anilines is 1. The van der Waals surface area contributed by atoms with Gasteiger partial charge in [0.25, 0.3) is 0 Å². The Morgan fingerprint density at radius 1 is 1.40 bits per heavy atom. The van der Waals surface area contributed by atoms with Crippen LogP contribution in [0.4, 0.5) is 18.3 Å². The molecule has 1 heterocycles. The van der Waals surface area contributed by atoms with Crippen LogP contribution in [0.3, 0.4) is 0 Å². The maximum atomic E-state index is 12.4. The smallest absolute Gasteiger partial charge is 0.376 e. The van der Waals surface area contributed by atoms with E-state index in [1.54, 1.807) is 0 Å². The number of hydrogen-bond donors (Lipinski definition) is 1. The summed E-state index contributed by atoms with van der Waals surface area (Å²) in [5, 5.41) is 3.16. The van der Waals surface area contributed by atoms with Gasteiger partial charge in [-0.05, 0) is 18.8 Å². The molecule has 3 nitrogen and oxygen atoms in total. The number of rotatable bonds is 5. The first-order chi connectivity index (χ1) is 9.47. The molecule has 0 bridgehead atoms. The van der Waals surface area contributed by atoms with Gasteiger partial charge in [-0.25, -0.2) is 4.98 Å². The van der Waals surface area contributed by atoms with E-state index in [2.05, 4.69) is 17.2 Å². The van der Waals surface area contributed by atoms with Crippen molar-refractivity contribution >= 4 is 16.5 Å². The Balaban J connectivity index is 1.69. The fourth-order valence-electron chi connectivity index (χ4n) is 2.39. The standard InChI is InChI=1S/C13H19F3N2OS/c1-9-4-2-3-5-10(9)19-7-6-17-12-18-8-11(20-12)13(14,15)16/h8-10H,2-7H2,1H3,(H,17,18). The Hall–Kier alpha value is -0.820. The number of ether oxygens (including phenoxy) is 1. The predicted molar refractivity (Wildman–Crippen MR) is 73.0 cm³/mol. The molecule has 1 saturated carbocycles. The summed E-state index contributed by atoms with van der Waals surface area (Å²) in [6, 6.07) is 0. The summed E-state index contributed by atoms with van der Waals surface area (Å²) in [4.78, 5) is 3.03. The Bertz CT molecular complexity index is 422. The molecule has 1 N–H and O–H groups in total. The molecule has 1 fully saturated rings. The third-order valence-corrected chi connectivity index (χ3v) is 4.53. The lowest BCUT2D eigenvalue weighted by Crippen LogP contribution is -2.27. The van der Waals surface area contributed by atoms with Crippen molar-refractivity contribution in [1.29, 1.82) is 0 Å². The van der Waals surface area contributed by atoms with Crippen LogP contribution in [0, 0.1) is 5.92 Å². The monoisotopic (exact) mass is 308 g/mol. The molecule has 7 heteroatoms. The zero-order valence-corrected chi connectivity index (χ0v) is 12.2. The third-order valence-electron chi connectivity index (χ3n) is 3.53. The van der Waals surface area contributed by atoms with E-state index in [1.807, 2.05) is 0 Å². The van der Waals surface area contributed by atoms with Gasteiger partial charge in [-0.3, -0.25) is 0 Å². The van der Waals surface area contributed by atoms with Gasteiger partial charge in [0.05, 0.1) is 18.9 Å². The van der Waals surface area contributed by atoms with Crippen molar-refractivity contribution in [3.05, 3.63) is 11.1 Å². The van der Waals surface area contributed by atoms with Crippen molar-refractivity contribution in [2.24, 2.45) is 5.92 Å². The van der Waals surface area contributed by atoms with Gasteiger partial charge in [-0.2, -0.15) is 13.2 Å². The number of aromatic nitrogens is 1. The molecule has 0 aromatic carbocycles. The van der Waals surface area contributed by atoms with Gasteiger partial charge in [-0.1, -0.05) is 31.1 Å². The highest BCUT2D eigenvalue weighted by molar-refractivity contribution is 7.15. The quantitative estimate of drug-likeness (QED) is 0.829. The highest BCUT2D eigenvalue weighted by atomic mass is 32.1. The number of nitrogens with one attached hydrogen (secondary N) is 1. The lowest BCUT2D eigenvalue weighted by atomic mass is 9.88. The van der Waals surface area contributed by atoms with Crippen LogP contribution in [0.15, 0.2) is 6.20 Å². The minimum absolute atomic E-state index is 0.285. The van der Waals surface area contributed by atoms with Gasteiger partial charge in [0.2, 0.25) is 0 Å². The summed E-state index contributed by atoms with van der Waals surface area (Å²) in [5.41, 5.74) is 0. The number of thiazole rings is 1. The van der Waals surface area contributed by atoms with Crippen LogP contribution in [0.25, 0.3) is 0 Å². The van der Waals surface area contributed by atoms with Crippen LogP contribution in [0.1, 0.15) is 37.5 Å². The van der Waals surface area contributed by atoms with E-state index in [1.165, 1.54) is 19.3 Å². The van der Waals surface area contributed by atoms with E-state index in [9.17, 15) is 13.2 Å². The minimum atomic E-state index is -4.31. The first-order valence-electron chi connectivity index (χ1n) is 6.85. The molecule has 1 aromatic heterocycles. The van der Waals surface area contributed by atoms with Gasteiger partial charge in [0.1, 0.15) is 4.88 Å². The van der Waals surface area contributed by atoms with Crippen LogP contribution < -0.4 is 5.32 Å². The maximum Gasteiger partial charge on any atom is 0.427 e. The maximum absolute atomic E-state index is 12.4. The Morgan fingerprint density at radius 3 is 2.80 bits per heavy atom. The minimum Gasteiger partial charge on any atom is -0.376 e. The molecular weight excluding hydrogens is 289 g/mol. The average molecular weight is 308 g/mol. The van der Waals surface area contributed by atoms with Crippen LogP contribution in [0.5, 0.6) is 0 Å². The fraction of sp³-hybridized carbons (Fsp3) is 0.769. The van der Waals surface area contributed by atoms with Crippen molar-refractivity contribution in [1.82, 2.24) is 4.98 Å². The first kappa shape index (κ1) is 15.6. The van der Waals surface area contributed by atoms with Crippen LogP contribution in [0.2, 0.25) is 0 Å². The Kier molecular flexibility index (Phi) is 5.26. The van der Waals surface area contributed by atoms with Crippen molar-refractivity contribution in [2.45, 2.75) is 44.9 Å². The molecule has 1 aromatic rings. The van der Waals surface area contributed by atoms with Crippen molar-refractivity contribution in [2.75, 3.05) is 18.5 Å².